The Morgan fingerprint density at radius 1 is 0.519 bits per heavy atom. The van der Waals surface area contributed by atoms with Crippen LogP contribution in [-0.4, -0.2) is 45.6 Å². The molecule has 0 saturated heterocycles. The van der Waals surface area contributed by atoms with E-state index in [2.05, 4.69) is 13.8 Å². The summed E-state index contributed by atoms with van der Waals surface area (Å²) >= 11 is 0. The molecule has 284 valence electrons. The normalized spacial score (nSPS) is 23.2. The summed E-state index contributed by atoms with van der Waals surface area (Å²) < 4.78 is 11.9. The van der Waals surface area contributed by atoms with Gasteiger partial charge in [0.05, 0.1) is 13.2 Å². The van der Waals surface area contributed by atoms with Gasteiger partial charge in [-0.25, -0.2) is 0 Å². The molecule has 2 bridgehead atoms. The Hall–Kier alpha value is -4.98. The molecule has 4 aromatic carbocycles. The fourth-order valence-corrected chi connectivity index (χ4v) is 10.1. The number of fused-ring (bicyclic) bond motifs is 5. The third kappa shape index (κ3) is 7.80. The van der Waals surface area contributed by atoms with Crippen molar-refractivity contribution in [2.75, 3.05) is 13.2 Å². The number of hydrogen-bond acceptors (Lipinski definition) is 8. The average molecular weight is 733 g/mol. The summed E-state index contributed by atoms with van der Waals surface area (Å²) in [6.45, 7) is 5.03. The SMILES string of the molecule is CC(CCC(=O)OCC1CC2C3CC(COC(=O)CCC(C)(c4ccc(O)cc4)c4ccc(O)cc4)C(C3)C2C1)(c1ccc(O)cc1)c1ccc(O)cc1. The maximum atomic E-state index is 13.2. The fraction of sp³-hybridized carbons (Fsp3) is 0.435. The molecule has 0 aromatic heterocycles. The van der Waals surface area contributed by atoms with E-state index < -0.39 is 10.8 Å². The zero-order valence-corrected chi connectivity index (χ0v) is 31.2. The standard InChI is InChI=1S/C46H52O8/c1-45(32-3-11-36(47)12-4-32,33-5-13-37(48)14-6-33)21-19-43(51)53-27-29-23-40-30-25-31(41(26-30)42(40)24-29)28-54-44(52)20-22-46(2,34-7-15-38(49)16-8-34)35-9-17-39(50)18-10-35/h3-18,29-31,40-42,47-50H,19-28H2,1-2H3. The lowest BCUT2D eigenvalue weighted by Crippen LogP contribution is -2.29. The summed E-state index contributed by atoms with van der Waals surface area (Å²) in [6, 6.07) is 28.3. The van der Waals surface area contributed by atoms with Crippen molar-refractivity contribution >= 4 is 11.9 Å². The Morgan fingerprint density at radius 3 is 1.30 bits per heavy atom. The summed E-state index contributed by atoms with van der Waals surface area (Å²) in [5.41, 5.74) is 2.87. The Balaban J connectivity index is 0.891. The number of phenols is 4. The van der Waals surface area contributed by atoms with Crippen LogP contribution in [0.15, 0.2) is 97.1 Å². The zero-order valence-electron chi connectivity index (χ0n) is 31.2. The molecule has 54 heavy (non-hydrogen) atoms. The van der Waals surface area contributed by atoms with Crippen molar-refractivity contribution < 1.29 is 39.5 Å². The molecule has 0 heterocycles. The molecule has 4 aromatic rings. The Labute approximate surface area is 317 Å². The second kappa shape index (κ2) is 15.4. The van der Waals surface area contributed by atoms with Gasteiger partial charge >= 0.3 is 11.9 Å². The first-order chi connectivity index (χ1) is 25.9. The molecule has 6 unspecified atom stereocenters. The van der Waals surface area contributed by atoms with Gasteiger partial charge in [0, 0.05) is 23.7 Å². The van der Waals surface area contributed by atoms with Crippen molar-refractivity contribution in [3.63, 3.8) is 0 Å². The molecular weight excluding hydrogens is 680 g/mol. The topological polar surface area (TPSA) is 134 Å². The smallest absolute Gasteiger partial charge is 0.305 e. The highest BCUT2D eigenvalue weighted by Gasteiger charge is 2.56. The highest BCUT2D eigenvalue weighted by atomic mass is 16.5. The van der Waals surface area contributed by atoms with Crippen LogP contribution in [0.4, 0.5) is 0 Å². The largest absolute Gasteiger partial charge is 0.508 e. The minimum absolute atomic E-state index is 0.182. The molecule has 0 radical (unpaired) electrons. The summed E-state index contributed by atoms with van der Waals surface area (Å²) in [6.07, 6.45) is 5.94. The van der Waals surface area contributed by atoms with Crippen molar-refractivity contribution in [2.24, 2.45) is 35.5 Å². The summed E-state index contributed by atoms with van der Waals surface area (Å²) in [7, 11) is 0. The van der Waals surface area contributed by atoms with Gasteiger partial charge in [-0.05, 0) is 145 Å². The first-order valence-corrected chi connectivity index (χ1v) is 19.4. The van der Waals surface area contributed by atoms with Crippen LogP contribution in [0.1, 0.15) is 87.5 Å². The van der Waals surface area contributed by atoms with Gasteiger partial charge in [0.15, 0.2) is 0 Å². The van der Waals surface area contributed by atoms with Gasteiger partial charge in [-0.3, -0.25) is 9.59 Å². The van der Waals surface area contributed by atoms with Crippen molar-refractivity contribution in [1.29, 1.82) is 0 Å². The Kier molecular flexibility index (Phi) is 10.7. The van der Waals surface area contributed by atoms with Crippen LogP contribution in [0, 0.1) is 35.5 Å². The first-order valence-electron chi connectivity index (χ1n) is 19.4. The van der Waals surface area contributed by atoms with Crippen LogP contribution in [0.25, 0.3) is 0 Å². The number of carbonyl (C=O) groups is 2. The van der Waals surface area contributed by atoms with Crippen molar-refractivity contribution in [3.05, 3.63) is 119 Å². The van der Waals surface area contributed by atoms with E-state index in [0.29, 0.717) is 61.6 Å². The second-order valence-corrected chi connectivity index (χ2v) is 16.5. The quantitative estimate of drug-likeness (QED) is 0.0947. The van der Waals surface area contributed by atoms with E-state index in [-0.39, 0.29) is 47.8 Å². The molecule has 3 aliphatic carbocycles. The Morgan fingerprint density at radius 2 is 0.889 bits per heavy atom. The predicted molar refractivity (Wildman–Crippen MR) is 205 cm³/mol. The number of rotatable bonds is 14. The van der Waals surface area contributed by atoms with Gasteiger partial charge in [0.25, 0.3) is 0 Å². The molecule has 0 aliphatic heterocycles. The molecule has 0 amide bonds. The van der Waals surface area contributed by atoms with E-state index in [1.807, 2.05) is 48.5 Å². The highest BCUT2D eigenvalue weighted by Crippen LogP contribution is 2.62. The lowest BCUT2D eigenvalue weighted by Gasteiger charge is -2.32. The van der Waals surface area contributed by atoms with Crippen LogP contribution in [0.2, 0.25) is 0 Å². The van der Waals surface area contributed by atoms with E-state index in [4.69, 9.17) is 9.47 Å². The number of benzene rings is 4. The van der Waals surface area contributed by atoms with Gasteiger partial charge in [-0.15, -0.1) is 0 Å². The van der Waals surface area contributed by atoms with Crippen LogP contribution in [0.5, 0.6) is 23.0 Å². The van der Waals surface area contributed by atoms with E-state index in [9.17, 15) is 30.0 Å². The van der Waals surface area contributed by atoms with Gasteiger partial charge in [-0.2, -0.15) is 0 Å². The monoisotopic (exact) mass is 732 g/mol. The number of phenolic OH excluding ortho intramolecular Hbond substituents is 4. The molecule has 3 saturated carbocycles. The molecule has 0 spiro atoms. The van der Waals surface area contributed by atoms with Crippen molar-refractivity contribution in [3.8, 4) is 23.0 Å². The minimum Gasteiger partial charge on any atom is -0.508 e. The summed E-state index contributed by atoms with van der Waals surface area (Å²) in [5.74, 6) is 3.40. The van der Waals surface area contributed by atoms with Crippen LogP contribution in [-0.2, 0) is 29.9 Å². The number of carbonyl (C=O) groups excluding carboxylic acids is 2. The maximum Gasteiger partial charge on any atom is 0.305 e. The maximum absolute atomic E-state index is 13.2. The second-order valence-electron chi connectivity index (χ2n) is 16.5. The molecule has 4 N–H and O–H groups in total. The van der Waals surface area contributed by atoms with E-state index in [0.717, 1.165) is 41.5 Å². The van der Waals surface area contributed by atoms with Crippen LogP contribution >= 0.6 is 0 Å². The lowest BCUT2D eigenvalue weighted by molar-refractivity contribution is -0.146. The molecule has 3 aliphatic rings. The van der Waals surface area contributed by atoms with Crippen molar-refractivity contribution in [1.82, 2.24) is 0 Å². The highest BCUT2D eigenvalue weighted by molar-refractivity contribution is 5.70. The molecular formula is C46H52O8. The predicted octanol–water partition coefficient (Wildman–Crippen LogP) is 8.77. The van der Waals surface area contributed by atoms with Gasteiger partial charge in [0.2, 0.25) is 0 Å². The summed E-state index contributed by atoms with van der Waals surface area (Å²) in [4.78, 5) is 26.3. The van der Waals surface area contributed by atoms with Crippen molar-refractivity contribution in [2.45, 2.75) is 76.0 Å². The Bertz CT molecular complexity index is 1810. The van der Waals surface area contributed by atoms with Crippen LogP contribution in [0.3, 0.4) is 0 Å². The summed E-state index contributed by atoms with van der Waals surface area (Å²) in [5, 5.41) is 39.5. The van der Waals surface area contributed by atoms with Gasteiger partial charge < -0.3 is 29.9 Å². The van der Waals surface area contributed by atoms with E-state index in [1.165, 1.54) is 6.42 Å². The average Bonchev–Trinajstić information content (AvgIpc) is 3.88. The van der Waals surface area contributed by atoms with Gasteiger partial charge in [-0.1, -0.05) is 62.4 Å². The molecule has 7 rings (SSSR count). The zero-order chi connectivity index (χ0) is 38.0. The van der Waals surface area contributed by atoms with E-state index in [1.54, 1.807) is 48.5 Å². The van der Waals surface area contributed by atoms with E-state index >= 15 is 0 Å². The van der Waals surface area contributed by atoms with Gasteiger partial charge in [0.1, 0.15) is 23.0 Å². The third-order valence-corrected chi connectivity index (χ3v) is 13.3. The number of hydrogen-bond donors (Lipinski definition) is 4. The molecule has 6 atom stereocenters. The number of ether oxygens (including phenoxy) is 2. The van der Waals surface area contributed by atoms with Crippen LogP contribution < -0.4 is 0 Å². The third-order valence-electron chi connectivity index (χ3n) is 13.3. The molecule has 3 fully saturated rings. The number of esters is 2. The minimum atomic E-state index is -0.512. The molecule has 8 nitrogen and oxygen atoms in total. The molecule has 8 heteroatoms. The first kappa shape index (κ1) is 37.3. The lowest BCUT2D eigenvalue weighted by atomic mass is 9.73. The fourth-order valence-electron chi connectivity index (χ4n) is 10.1. The number of aromatic hydroxyl groups is 4.